The Labute approximate surface area is 203 Å². The van der Waals surface area contributed by atoms with Gasteiger partial charge >= 0.3 is 0 Å². The summed E-state index contributed by atoms with van der Waals surface area (Å²) in [6, 6.07) is 30.5. The monoisotopic (exact) mass is 449 g/mol. The van der Waals surface area contributed by atoms with E-state index in [0.717, 1.165) is 5.69 Å². The molecule has 2 N–H and O–H groups in total. The summed E-state index contributed by atoms with van der Waals surface area (Å²) in [4.78, 5) is 2.51. The van der Waals surface area contributed by atoms with Gasteiger partial charge in [-0.15, -0.1) is 0 Å². The van der Waals surface area contributed by atoms with Crippen LogP contribution in [0.1, 0.15) is 73.9 Å². The van der Waals surface area contributed by atoms with Gasteiger partial charge in [-0.1, -0.05) is 100 Å². The Bertz CT molecular complexity index is 1280. The quantitative estimate of drug-likeness (QED) is 0.242. The van der Waals surface area contributed by atoms with Crippen LogP contribution in [0.2, 0.25) is 0 Å². The summed E-state index contributed by atoms with van der Waals surface area (Å²) in [6.45, 7) is 9.16. The van der Waals surface area contributed by atoms with Crippen molar-refractivity contribution in [2.45, 2.75) is 51.6 Å². The molecule has 0 heterocycles. The van der Waals surface area contributed by atoms with Crippen molar-refractivity contribution in [3.63, 3.8) is 0 Å². The number of anilines is 2. The van der Waals surface area contributed by atoms with Gasteiger partial charge < -0.3 is 9.91 Å². The third-order valence-corrected chi connectivity index (χ3v) is 7.37. The van der Waals surface area contributed by atoms with Gasteiger partial charge in [0.15, 0.2) is 0 Å². The molecule has 0 aromatic heterocycles. The van der Waals surface area contributed by atoms with E-state index in [2.05, 4.69) is 119 Å². The van der Waals surface area contributed by atoms with Gasteiger partial charge in [0, 0.05) is 12.7 Å². The Balaban J connectivity index is 1.74. The summed E-state index contributed by atoms with van der Waals surface area (Å²) in [6.07, 6.45) is 0. The number of benzene rings is 4. The molecule has 0 bridgehead atoms. The summed E-state index contributed by atoms with van der Waals surface area (Å²) < 4.78 is 0. The van der Waals surface area contributed by atoms with Crippen molar-refractivity contribution >= 4 is 22.1 Å². The maximum absolute atomic E-state index is 6.96. The second kappa shape index (κ2) is 8.81. The van der Waals surface area contributed by atoms with Crippen molar-refractivity contribution in [2.24, 2.45) is 5.84 Å². The summed E-state index contributed by atoms with van der Waals surface area (Å²) in [5, 5.41) is 4.59. The van der Waals surface area contributed by atoms with Gasteiger partial charge in [0.2, 0.25) is 0 Å². The summed E-state index contributed by atoms with van der Waals surface area (Å²) >= 11 is 0. The van der Waals surface area contributed by atoms with Gasteiger partial charge in [-0.25, -0.2) is 5.84 Å². The fraction of sp³-hybridized carbons (Fsp3) is 0.290. The van der Waals surface area contributed by atoms with E-state index in [0.29, 0.717) is 11.8 Å². The van der Waals surface area contributed by atoms with Gasteiger partial charge in [0.1, 0.15) is 0 Å². The zero-order valence-electron chi connectivity index (χ0n) is 20.9. The first-order chi connectivity index (χ1) is 16.4. The fourth-order valence-electron chi connectivity index (χ4n) is 5.77. The van der Waals surface area contributed by atoms with Crippen LogP contribution in [0.25, 0.3) is 10.8 Å². The highest BCUT2D eigenvalue weighted by atomic mass is 15.4. The zero-order valence-corrected chi connectivity index (χ0v) is 20.9. The van der Waals surface area contributed by atoms with Crippen LogP contribution in [0.15, 0.2) is 84.9 Å². The molecule has 1 aliphatic carbocycles. The Hall–Kier alpha value is -3.30. The molecular weight excluding hydrogens is 414 g/mol. The van der Waals surface area contributed by atoms with Crippen molar-refractivity contribution < 1.29 is 0 Å². The maximum atomic E-state index is 6.96. The van der Waals surface area contributed by atoms with Gasteiger partial charge in [0.05, 0.1) is 17.8 Å². The van der Waals surface area contributed by atoms with Crippen molar-refractivity contribution in [1.29, 1.82) is 0 Å². The lowest BCUT2D eigenvalue weighted by atomic mass is 9.90. The third kappa shape index (κ3) is 3.56. The molecule has 1 aliphatic rings. The number of likely N-dealkylation sites (N-methyl/N-ethyl adjacent to an activating group) is 1. The molecule has 3 heteroatoms. The predicted octanol–water partition coefficient (Wildman–Crippen LogP) is 7.70. The van der Waals surface area contributed by atoms with E-state index in [1.165, 1.54) is 38.7 Å². The largest absolute Gasteiger partial charge is 0.365 e. The molecule has 0 saturated carbocycles. The number of nitrogens with zero attached hydrogens (tertiary/aromatic N) is 2. The average Bonchev–Trinajstić information content (AvgIpc) is 3.19. The minimum absolute atomic E-state index is 0.00580. The Morgan fingerprint density at radius 1 is 0.647 bits per heavy atom. The fourth-order valence-corrected chi connectivity index (χ4v) is 5.77. The van der Waals surface area contributed by atoms with E-state index in [1.807, 2.05) is 11.1 Å². The summed E-state index contributed by atoms with van der Waals surface area (Å²) in [5.41, 5.74) is 7.79. The molecule has 2 unspecified atom stereocenters. The van der Waals surface area contributed by atoms with E-state index in [9.17, 15) is 0 Å². The molecule has 4 aromatic rings. The molecule has 0 saturated heterocycles. The van der Waals surface area contributed by atoms with Crippen molar-refractivity contribution in [2.75, 3.05) is 17.0 Å². The molecule has 0 aliphatic heterocycles. The molecule has 5 rings (SSSR count). The van der Waals surface area contributed by atoms with Crippen LogP contribution in [0.4, 0.5) is 11.4 Å². The standard InChI is InChI=1S/C31H35N3/c1-20(2)24-16-11-17-25(21(3)4)29(24)33(5)30-26-18-9-12-22-13-10-19-27(28(22)26)31(30)34(32)23-14-7-6-8-15-23/h6-21,30-31H,32H2,1-5H3. The molecule has 34 heavy (non-hydrogen) atoms. The summed E-state index contributed by atoms with van der Waals surface area (Å²) in [7, 11) is 2.26. The van der Waals surface area contributed by atoms with Crippen LogP contribution in [0.3, 0.4) is 0 Å². The second-order valence-corrected chi connectivity index (χ2v) is 10.1. The van der Waals surface area contributed by atoms with Crippen LogP contribution >= 0.6 is 0 Å². The first-order valence-corrected chi connectivity index (χ1v) is 12.4. The SMILES string of the molecule is CC(C)c1cccc(C(C)C)c1N(C)C1c2cccc3cccc(c23)C1N(N)c1ccccc1. The van der Waals surface area contributed by atoms with Crippen molar-refractivity contribution in [1.82, 2.24) is 0 Å². The molecule has 0 amide bonds. The molecule has 4 aromatic carbocycles. The predicted molar refractivity (Wildman–Crippen MR) is 146 cm³/mol. The van der Waals surface area contributed by atoms with E-state index in [-0.39, 0.29) is 12.1 Å². The van der Waals surface area contributed by atoms with E-state index in [1.54, 1.807) is 0 Å². The smallest absolute Gasteiger partial charge is 0.0953 e. The number of para-hydroxylation sites is 2. The van der Waals surface area contributed by atoms with E-state index in [4.69, 9.17) is 5.84 Å². The van der Waals surface area contributed by atoms with Gasteiger partial charge in [0.25, 0.3) is 0 Å². The highest BCUT2D eigenvalue weighted by Gasteiger charge is 2.41. The lowest BCUT2D eigenvalue weighted by Gasteiger charge is -2.40. The molecule has 0 spiro atoms. The van der Waals surface area contributed by atoms with E-state index < -0.39 is 0 Å². The molecular formula is C31H35N3. The van der Waals surface area contributed by atoms with E-state index >= 15 is 0 Å². The minimum Gasteiger partial charge on any atom is -0.365 e. The van der Waals surface area contributed by atoms with Crippen LogP contribution in [-0.2, 0) is 0 Å². The summed E-state index contributed by atoms with van der Waals surface area (Å²) in [5.74, 6) is 7.82. The Morgan fingerprint density at radius 2 is 1.18 bits per heavy atom. The molecule has 2 atom stereocenters. The number of hydrogen-bond acceptors (Lipinski definition) is 3. The van der Waals surface area contributed by atoms with Crippen molar-refractivity contribution in [3.05, 3.63) is 107 Å². The molecule has 0 radical (unpaired) electrons. The van der Waals surface area contributed by atoms with Gasteiger partial charge in [-0.05, 0) is 57.0 Å². The van der Waals surface area contributed by atoms with Crippen molar-refractivity contribution in [3.8, 4) is 0 Å². The number of rotatable bonds is 6. The van der Waals surface area contributed by atoms with Gasteiger partial charge in [-0.3, -0.25) is 0 Å². The lowest BCUT2D eigenvalue weighted by molar-refractivity contribution is 0.522. The second-order valence-electron chi connectivity index (χ2n) is 10.1. The zero-order chi connectivity index (χ0) is 24.0. The Kier molecular flexibility index (Phi) is 5.83. The minimum atomic E-state index is -0.00580. The third-order valence-electron chi connectivity index (χ3n) is 7.37. The average molecular weight is 450 g/mol. The normalized spacial score (nSPS) is 17.1. The number of hydrogen-bond donors (Lipinski definition) is 1. The number of hydrazine groups is 1. The highest BCUT2D eigenvalue weighted by molar-refractivity contribution is 5.93. The van der Waals surface area contributed by atoms with Crippen LogP contribution in [-0.4, -0.2) is 7.05 Å². The molecule has 3 nitrogen and oxygen atoms in total. The highest BCUT2D eigenvalue weighted by Crippen LogP contribution is 2.52. The number of nitrogens with two attached hydrogens (primary N) is 1. The first kappa shape index (κ1) is 22.5. The van der Waals surface area contributed by atoms with Crippen LogP contribution < -0.4 is 15.8 Å². The first-order valence-electron chi connectivity index (χ1n) is 12.4. The Morgan fingerprint density at radius 3 is 1.74 bits per heavy atom. The molecule has 174 valence electrons. The lowest BCUT2D eigenvalue weighted by Crippen LogP contribution is -2.42. The molecule has 0 fully saturated rings. The van der Waals surface area contributed by atoms with Crippen LogP contribution in [0.5, 0.6) is 0 Å². The van der Waals surface area contributed by atoms with Gasteiger partial charge in [-0.2, -0.15) is 0 Å². The van der Waals surface area contributed by atoms with Crippen LogP contribution in [0, 0.1) is 0 Å². The maximum Gasteiger partial charge on any atom is 0.0953 e. The topological polar surface area (TPSA) is 32.5 Å².